The van der Waals surface area contributed by atoms with Crippen LogP contribution in [0, 0.1) is 18.7 Å². The zero-order valence-corrected chi connectivity index (χ0v) is 11.6. The number of hydrogen-bond acceptors (Lipinski definition) is 2. The van der Waals surface area contributed by atoms with Gasteiger partial charge >= 0.3 is 0 Å². The van der Waals surface area contributed by atoms with Crippen molar-refractivity contribution in [2.75, 3.05) is 0 Å². The molecule has 1 atom stereocenters. The van der Waals surface area contributed by atoms with Gasteiger partial charge in [-0.2, -0.15) is 0 Å². The van der Waals surface area contributed by atoms with Crippen LogP contribution in [0.3, 0.4) is 0 Å². The highest BCUT2D eigenvalue weighted by atomic mass is 19.1. The number of nitrogens with one attached hydrogen (secondary N) is 1. The summed E-state index contributed by atoms with van der Waals surface area (Å²) in [6, 6.07) is 13.8. The zero-order valence-electron chi connectivity index (χ0n) is 11.6. The van der Waals surface area contributed by atoms with Crippen LogP contribution in [0.1, 0.15) is 28.3 Å². The van der Waals surface area contributed by atoms with Crippen molar-refractivity contribution in [3.8, 4) is 0 Å². The van der Waals surface area contributed by atoms with Crippen molar-refractivity contribution in [1.29, 1.82) is 0 Å². The van der Waals surface area contributed by atoms with Crippen molar-refractivity contribution in [3.63, 3.8) is 0 Å². The minimum absolute atomic E-state index is 0.0162. The summed E-state index contributed by atoms with van der Waals surface area (Å²) in [5.41, 5.74) is 7.23. The fourth-order valence-corrected chi connectivity index (χ4v) is 3.14. The Labute approximate surface area is 118 Å². The van der Waals surface area contributed by atoms with E-state index >= 15 is 0 Å². The quantitative estimate of drug-likeness (QED) is 0.664. The minimum atomic E-state index is -0.168. The summed E-state index contributed by atoms with van der Waals surface area (Å²) >= 11 is 0. The number of fused-ring (bicyclic) bond motifs is 1. The van der Waals surface area contributed by atoms with Gasteiger partial charge in [0.25, 0.3) is 0 Å². The maximum atomic E-state index is 13.8. The Morgan fingerprint density at radius 1 is 1.15 bits per heavy atom. The fraction of sp³-hybridized carbons (Fsp3) is 0.294. The highest BCUT2D eigenvalue weighted by Crippen LogP contribution is 2.35. The average Bonchev–Trinajstić information content (AvgIpc) is 2.87. The summed E-state index contributed by atoms with van der Waals surface area (Å²) in [4.78, 5) is 0. The van der Waals surface area contributed by atoms with E-state index in [0.717, 1.165) is 18.4 Å². The third-order valence-electron chi connectivity index (χ3n) is 4.29. The summed E-state index contributed by atoms with van der Waals surface area (Å²) in [5.74, 6) is 5.94. The summed E-state index contributed by atoms with van der Waals surface area (Å²) in [6.07, 6.45) is 1.97. The van der Waals surface area contributed by atoms with Crippen LogP contribution in [-0.2, 0) is 12.8 Å². The van der Waals surface area contributed by atoms with Crippen molar-refractivity contribution >= 4 is 0 Å². The molecular formula is C17H19FN2. The maximum absolute atomic E-state index is 13.8. The number of aryl methyl sites for hydroxylation is 1. The Kier molecular flexibility index (Phi) is 3.55. The van der Waals surface area contributed by atoms with Crippen LogP contribution >= 0.6 is 0 Å². The number of halogens is 1. The van der Waals surface area contributed by atoms with E-state index < -0.39 is 0 Å². The van der Waals surface area contributed by atoms with Crippen molar-refractivity contribution in [3.05, 3.63) is 70.5 Å². The highest BCUT2D eigenvalue weighted by molar-refractivity contribution is 5.34. The van der Waals surface area contributed by atoms with Gasteiger partial charge in [-0.1, -0.05) is 36.4 Å². The number of nitrogens with two attached hydrogens (primary N) is 1. The molecule has 20 heavy (non-hydrogen) atoms. The lowest BCUT2D eigenvalue weighted by atomic mass is 9.90. The molecule has 3 N–H and O–H groups in total. The van der Waals surface area contributed by atoms with E-state index in [4.69, 9.17) is 5.84 Å². The Morgan fingerprint density at radius 2 is 1.80 bits per heavy atom. The molecule has 1 aliphatic carbocycles. The van der Waals surface area contributed by atoms with Gasteiger partial charge in [0.1, 0.15) is 5.82 Å². The molecule has 0 amide bonds. The largest absolute Gasteiger partial charge is 0.271 e. The molecule has 104 valence electrons. The molecule has 3 heteroatoms. The first-order chi connectivity index (χ1) is 9.69. The fourth-order valence-electron chi connectivity index (χ4n) is 3.14. The molecule has 0 aromatic heterocycles. The molecule has 3 rings (SSSR count). The molecule has 1 unspecified atom stereocenters. The molecular weight excluding hydrogens is 251 g/mol. The molecule has 0 aliphatic heterocycles. The van der Waals surface area contributed by atoms with E-state index in [9.17, 15) is 4.39 Å². The molecule has 2 aromatic rings. The lowest BCUT2D eigenvalue weighted by Crippen LogP contribution is -2.34. The molecule has 0 bridgehead atoms. The number of rotatable bonds is 3. The molecule has 0 saturated heterocycles. The number of hydrogen-bond donors (Lipinski definition) is 2. The van der Waals surface area contributed by atoms with E-state index in [0.29, 0.717) is 11.5 Å². The van der Waals surface area contributed by atoms with Crippen LogP contribution in [0.25, 0.3) is 0 Å². The first-order valence-corrected chi connectivity index (χ1v) is 6.98. The van der Waals surface area contributed by atoms with Crippen LogP contribution in [0.4, 0.5) is 4.39 Å². The van der Waals surface area contributed by atoms with Crippen LogP contribution in [0.5, 0.6) is 0 Å². The van der Waals surface area contributed by atoms with Crippen molar-refractivity contribution in [2.45, 2.75) is 25.8 Å². The van der Waals surface area contributed by atoms with Crippen LogP contribution in [0.15, 0.2) is 42.5 Å². The Balaban J connectivity index is 1.87. The molecule has 0 saturated carbocycles. The van der Waals surface area contributed by atoms with Crippen molar-refractivity contribution in [1.82, 2.24) is 5.43 Å². The monoisotopic (exact) mass is 270 g/mol. The number of hydrazine groups is 1. The third-order valence-corrected chi connectivity index (χ3v) is 4.29. The first-order valence-electron chi connectivity index (χ1n) is 6.98. The topological polar surface area (TPSA) is 38.0 Å². The lowest BCUT2D eigenvalue weighted by Gasteiger charge is -2.23. The standard InChI is InChI=1S/C17H19FN2/c1-11-6-7-14(10-16(11)18)17(20-19)15-8-12-4-2-3-5-13(12)9-15/h2-7,10,15,17,20H,8-9,19H2,1H3. The predicted octanol–water partition coefficient (Wildman–Crippen LogP) is 3.05. The van der Waals surface area contributed by atoms with Crippen molar-refractivity contribution < 1.29 is 4.39 Å². The van der Waals surface area contributed by atoms with E-state index in [1.54, 1.807) is 13.0 Å². The second kappa shape index (κ2) is 5.35. The van der Waals surface area contributed by atoms with Crippen LogP contribution < -0.4 is 11.3 Å². The molecule has 1 aliphatic rings. The molecule has 0 spiro atoms. The van der Waals surface area contributed by atoms with Crippen LogP contribution in [-0.4, -0.2) is 0 Å². The summed E-state index contributed by atoms with van der Waals surface area (Å²) < 4.78 is 13.8. The van der Waals surface area contributed by atoms with Gasteiger partial charge in [-0.3, -0.25) is 11.3 Å². The second-order valence-electron chi connectivity index (χ2n) is 5.59. The van der Waals surface area contributed by atoms with E-state index in [1.807, 2.05) is 12.1 Å². The van der Waals surface area contributed by atoms with Gasteiger partial charge in [0.15, 0.2) is 0 Å². The molecule has 2 aromatic carbocycles. The van der Waals surface area contributed by atoms with Gasteiger partial charge in [-0.25, -0.2) is 4.39 Å². The molecule has 0 fully saturated rings. The van der Waals surface area contributed by atoms with E-state index in [1.165, 1.54) is 11.1 Å². The summed E-state index contributed by atoms with van der Waals surface area (Å²) in [7, 11) is 0. The van der Waals surface area contributed by atoms with Gasteiger partial charge in [0, 0.05) is 6.04 Å². The maximum Gasteiger partial charge on any atom is 0.126 e. The summed E-state index contributed by atoms with van der Waals surface area (Å²) in [5, 5.41) is 0. The normalized spacial score (nSPS) is 16.1. The van der Waals surface area contributed by atoms with E-state index in [2.05, 4.69) is 29.7 Å². The van der Waals surface area contributed by atoms with Gasteiger partial charge in [-0.15, -0.1) is 0 Å². The predicted molar refractivity (Wildman–Crippen MR) is 78.5 cm³/mol. The Bertz CT molecular complexity index is 599. The van der Waals surface area contributed by atoms with Crippen LogP contribution in [0.2, 0.25) is 0 Å². The first kappa shape index (κ1) is 13.3. The SMILES string of the molecule is Cc1ccc(C(NN)C2Cc3ccccc3C2)cc1F. The van der Waals surface area contributed by atoms with Gasteiger partial charge in [-0.05, 0) is 54.0 Å². The third kappa shape index (κ3) is 2.35. The lowest BCUT2D eigenvalue weighted by molar-refractivity contribution is 0.378. The molecule has 0 radical (unpaired) electrons. The van der Waals surface area contributed by atoms with Gasteiger partial charge in [0.05, 0.1) is 0 Å². The van der Waals surface area contributed by atoms with Crippen molar-refractivity contribution in [2.24, 2.45) is 11.8 Å². The van der Waals surface area contributed by atoms with Gasteiger partial charge in [0.2, 0.25) is 0 Å². The molecule has 2 nitrogen and oxygen atoms in total. The number of benzene rings is 2. The Morgan fingerprint density at radius 3 is 2.35 bits per heavy atom. The van der Waals surface area contributed by atoms with Gasteiger partial charge < -0.3 is 0 Å². The smallest absolute Gasteiger partial charge is 0.126 e. The van der Waals surface area contributed by atoms with E-state index in [-0.39, 0.29) is 11.9 Å². The average molecular weight is 270 g/mol. The zero-order chi connectivity index (χ0) is 14.1. The molecule has 0 heterocycles. The minimum Gasteiger partial charge on any atom is -0.271 e. The second-order valence-corrected chi connectivity index (χ2v) is 5.59. The Hall–Kier alpha value is -1.71. The summed E-state index contributed by atoms with van der Waals surface area (Å²) in [6.45, 7) is 1.77. The highest BCUT2D eigenvalue weighted by Gasteiger charge is 2.29.